The van der Waals surface area contributed by atoms with Crippen LogP contribution in [-0.4, -0.2) is 19.4 Å². The maximum atomic E-state index is 5.22. The molecule has 0 spiro atoms. The molecule has 0 bridgehead atoms. The van der Waals surface area contributed by atoms with Crippen LogP contribution in [-0.2, 0) is 11.2 Å². The Morgan fingerprint density at radius 1 is 1.31 bits per heavy atom. The van der Waals surface area contributed by atoms with Crippen molar-refractivity contribution >= 4 is 0 Å². The van der Waals surface area contributed by atoms with E-state index in [-0.39, 0.29) is 6.15 Å². The Labute approximate surface area is 78.7 Å². The first-order chi connectivity index (χ1) is 5.95. The number of rotatable bonds is 2. The summed E-state index contributed by atoms with van der Waals surface area (Å²) in [5.41, 5.74) is 1.38. The second kappa shape index (κ2) is 4.97. The van der Waals surface area contributed by atoms with Gasteiger partial charge in [0.05, 0.1) is 13.3 Å². The molecule has 1 fully saturated rings. The van der Waals surface area contributed by atoms with Crippen LogP contribution in [0.5, 0.6) is 0 Å². The summed E-state index contributed by atoms with van der Waals surface area (Å²) in [6.07, 6.45) is 1.07. The Hall–Kier alpha value is -0.900. The lowest BCUT2D eigenvalue weighted by molar-refractivity contribution is 0.189. The summed E-state index contributed by atoms with van der Waals surface area (Å²) >= 11 is 0. The summed E-state index contributed by atoms with van der Waals surface area (Å²) in [5.74, 6) is 0. The zero-order valence-corrected chi connectivity index (χ0v) is 7.70. The molecular formula is C10H16N2O. The Morgan fingerprint density at radius 3 is 2.69 bits per heavy atom. The molecule has 1 atom stereocenters. The van der Waals surface area contributed by atoms with Gasteiger partial charge < -0.3 is 10.9 Å². The van der Waals surface area contributed by atoms with Gasteiger partial charge in [0.2, 0.25) is 0 Å². The van der Waals surface area contributed by atoms with E-state index in [1.165, 1.54) is 5.56 Å². The van der Waals surface area contributed by atoms with Crippen molar-refractivity contribution in [1.29, 1.82) is 0 Å². The number of benzene rings is 1. The van der Waals surface area contributed by atoms with Crippen LogP contribution in [0.4, 0.5) is 0 Å². The molecule has 0 aliphatic carbocycles. The molecule has 1 saturated heterocycles. The molecule has 1 aromatic rings. The van der Waals surface area contributed by atoms with E-state index >= 15 is 0 Å². The molecule has 1 aromatic carbocycles. The number of hydrogen-bond donors (Lipinski definition) is 2. The van der Waals surface area contributed by atoms with Gasteiger partial charge in [-0.25, -0.2) is 0 Å². The predicted octanol–water partition coefficient (Wildman–Crippen LogP) is 1.34. The van der Waals surface area contributed by atoms with Crippen molar-refractivity contribution in [2.24, 2.45) is 0 Å². The zero-order chi connectivity index (χ0) is 8.23. The molecule has 0 radical (unpaired) electrons. The summed E-state index contributed by atoms with van der Waals surface area (Å²) in [7, 11) is 0. The highest BCUT2D eigenvalue weighted by atomic mass is 16.5. The van der Waals surface area contributed by atoms with Gasteiger partial charge in [-0.3, -0.25) is 5.32 Å². The highest BCUT2D eigenvalue weighted by molar-refractivity contribution is 5.16. The molecule has 72 valence electrons. The summed E-state index contributed by atoms with van der Waals surface area (Å²) in [6.45, 7) is 1.55. The predicted molar refractivity (Wildman–Crippen MR) is 52.9 cm³/mol. The van der Waals surface area contributed by atoms with Gasteiger partial charge in [0.15, 0.2) is 0 Å². The largest absolute Gasteiger partial charge is 0.365 e. The quantitative estimate of drug-likeness (QED) is 0.722. The van der Waals surface area contributed by atoms with Gasteiger partial charge in [0, 0.05) is 6.04 Å². The standard InChI is InChI=1S/C10H13NO.H3N/c1-2-4-9(5-3-1)6-10-7-12-8-11-10;/h1-5,10-11H,6-8H2;1H3. The Morgan fingerprint density at radius 2 is 2.08 bits per heavy atom. The fourth-order valence-corrected chi connectivity index (χ4v) is 1.47. The fourth-order valence-electron chi connectivity index (χ4n) is 1.47. The van der Waals surface area contributed by atoms with Crippen molar-refractivity contribution in [2.45, 2.75) is 12.5 Å². The van der Waals surface area contributed by atoms with E-state index in [9.17, 15) is 0 Å². The average molecular weight is 180 g/mol. The monoisotopic (exact) mass is 180 g/mol. The number of ether oxygens (including phenoxy) is 1. The summed E-state index contributed by atoms with van der Waals surface area (Å²) in [5, 5.41) is 3.28. The van der Waals surface area contributed by atoms with E-state index < -0.39 is 0 Å². The third kappa shape index (κ3) is 2.81. The van der Waals surface area contributed by atoms with Crippen molar-refractivity contribution in [3.63, 3.8) is 0 Å². The molecule has 1 aliphatic heterocycles. The first-order valence-corrected chi connectivity index (χ1v) is 4.30. The maximum absolute atomic E-state index is 5.22. The van der Waals surface area contributed by atoms with Gasteiger partial charge in [-0.1, -0.05) is 30.3 Å². The smallest absolute Gasteiger partial charge is 0.0969 e. The minimum Gasteiger partial charge on any atom is -0.365 e. The van der Waals surface area contributed by atoms with E-state index in [1.54, 1.807) is 0 Å². The van der Waals surface area contributed by atoms with Crippen LogP contribution in [0.1, 0.15) is 5.56 Å². The van der Waals surface area contributed by atoms with Crippen LogP contribution in [0.3, 0.4) is 0 Å². The lowest BCUT2D eigenvalue weighted by Gasteiger charge is -2.07. The summed E-state index contributed by atoms with van der Waals surface area (Å²) < 4.78 is 5.22. The van der Waals surface area contributed by atoms with Gasteiger partial charge in [0.1, 0.15) is 0 Å². The highest BCUT2D eigenvalue weighted by Crippen LogP contribution is 2.05. The van der Waals surface area contributed by atoms with E-state index in [0.717, 1.165) is 13.0 Å². The molecule has 3 nitrogen and oxygen atoms in total. The molecule has 0 amide bonds. The van der Waals surface area contributed by atoms with Crippen molar-refractivity contribution < 1.29 is 4.74 Å². The molecule has 4 N–H and O–H groups in total. The fraction of sp³-hybridized carbons (Fsp3) is 0.400. The molecular weight excluding hydrogens is 164 g/mol. The van der Waals surface area contributed by atoms with Crippen LogP contribution in [0.2, 0.25) is 0 Å². The molecule has 2 rings (SSSR count). The summed E-state index contributed by atoms with van der Waals surface area (Å²) in [4.78, 5) is 0. The van der Waals surface area contributed by atoms with Crippen molar-refractivity contribution in [3.8, 4) is 0 Å². The summed E-state index contributed by atoms with van der Waals surface area (Å²) in [6, 6.07) is 11.0. The van der Waals surface area contributed by atoms with Crippen LogP contribution in [0, 0.1) is 0 Å². The first kappa shape index (κ1) is 10.2. The topological polar surface area (TPSA) is 56.3 Å². The number of nitrogens with one attached hydrogen (secondary N) is 1. The van der Waals surface area contributed by atoms with Gasteiger partial charge in [-0.15, -0.1) is 0 Å². The van der Waals surface area contributed by atoms with Gasteiger partial charge in [0.25, 0.3) is 0 Å². The highest BCUT2D eigenvalue weighted by Gasteiger charge is 2.13. The van der Waals surface area contributed by atoms with E-state index in [4.69, 9.17) is 4.74 Å². The molecule has 13 heavy (non-hydrogen) atoms. The Bertz CT molecular complexity index is 232. The van der Waals surface area contributed by atoms with Gasteiger partial charge >= 0.3 is 0 Å². The molecule has 1 heterocycles. The molecule has 3 heteroatoms. The van der Waals surface area contributed by atoms with Crippen LogP contribution >= 0.6 is 0 Å². The van der Waals surface area contributed by atoms with Crippen LogP contribution in [0.15, 0.2) is 30.3 Å². The van der Waals surface area contributed by atoms with Crippen LogP contribution in [0.25, 0.3) is 0 Å². The lowest BCUT2D eigenvalue weighted by atomic mass is 10.1. The van der Waals surface area contributed by atoms with Crippen molar-refractivity contribution in [2.75, 3.05) is 13.3 Å². The zero-order valence-electron chi connectivity index (χ0n) is 7.70. The normalized spacial score (nSPS) is 21.1. The van der Waals surface area contributed by atoms with E-state index in [1.807, 2.05) is 6.07 Å². The third-order valence-corrected chi connectivity index (χ3v) is 2.12. The van der Waals surface area contributed by atoms with Gasteiger partial charge in [-0.05, 0) is 12.0 Å². The van der Waals surface area contributed by atoms with E-state index in [0.29, 0.717) is 12.8 Å². The molecule has 0 aromatic heterocycles. The second-order valence-electron chi connectivity index (χ2n) is 3.11. The Kier molecular flexibility index (Phi) is 3.89. The minimum absolute atomic E-state index is 0. The molecule has 1 unspecified atom stereocenters. The first-order valence-electron chi connectivity index (χ1n) is 4.30. The lowest BCUT2D eigenvalue weighted by Crippen LogP contribution is -2.25. The minimum atomic E-state index is 0. The van der Waals surface area contributed by atoms with Crippen LogP contribution < -0.4 is 11.5 Å². The van der Waals surface area contributed by atoms with E-state index in [2.05, 4.69) is 29.6 Å². The SMILES string of the molecule is N.c1ccc(CC2COCN2)cc1. The maximum Gasteiger partial charge on any atom is 0.0969 e. The van der Waals surface area contributed by atoms with Crippen molar-refractivity contribution in [1.82, 2.24) is 11.5 Å². The Balaban J connectivity index is 0.000000845. The van der Waals surface area contributed by atoms with Gasteiger partial charge in [-0.2, -0.15) is 0 Å². The number of hydrogen-bond acceptors (Lipinski definition) is 3. The molecule has 0 saturated carbocycles. The average Bonchev–Trinajstić information content (AvgIpc) is 2.59. The molecule has 1 aliphatic rings. The second-order valence-corrected chi connectivity index (χ2v) is 3.11. The third-order valence-electron chi connectivity index (χ3n) is 2.12. The van der Waals surface area contributed by atoms with Crippen molar-refractivity contribution in [3.05, 3.63) is 35.9 Å².